The van der Waals surface area contributed by atoms with Gasteiger partial charge >= 0.3 is 18.2 Å². The summed E-state index contributed by atoms with van der Waals surface area (Å²) in [5, 5.41) is 2.81. The summed E-state index contributed by atoms with van der Waals surface area (Å²) in [4.78, 5) is 19.0. The van der Waals surface area contributed by atoms with Crippen LogP contribution in [0.5, 0.6) is 6.01 Å². The Balaban J connectivity index is 2.08. The molecule has 0 aliphatic carbocycles. The van der Waals surface area contributed by atoms with E-state index in [1.165, 1.54) is 18.2 Å². The molecule has 0 spiro atoms. The maximum Gasteiger partial charge on any atom is 0.416 e. The van der Waals surface area contributed by atoms with Crippen molar-refractivity contribution in [3.63, 3.8) is 0 Å². The van der Waals surface area contributed by atoms with Gasteiger partial charge < -0.3 is 14.8 Å². The molecule has 6 nitrogen and oxygen atoms in total. The number of aromatic nitrogens is 2. The van der Waals surface area contributed by atoms with Crippen molar-refractivity contribution in [1.82, 2.24) is 9.97 Å². The minimum absolute atomic E-state index is 0.0308. The minimum Gasteiger partial charge on any atom is -0.463 e. The Kier molecular flexibility index (Phi) is 6.02. The molecule has 10 heteroatoms. The van der Waals surface area contributed by atoms with Crippen LogP contribution in [0.1, 0.15) is 12.5 Å². The van der Waals surface area contributed by atoms with E-state index in [1.54, 1.807) is 6.92 Å². The number of carbonyl (C=O) groups is 1. The lowest BCUT2D eigenvalue weighted by Crippen LogP contribution is -2.15. The van der Waals surface area contributed by atoms with Crippen LogP contribution >= 0.6 is 11.6 Å². The van der Waals surface area contributed by atoms with Gasteiger partial charge in [-0.25, -0.2) is 4.79 Å². The zero-order chi connectivity index (χ0) is 18.4. The third-order valence-electron chi connectivity index (χ3n) is 2.78. The van der Waals surface area contributed by atoms with E-state index in [-0.39, 0.29) is 23.6 Å². The summed E-state index contributed by atoms with van der Waals surface area (Å²) in [6.45, 7) is 1.47. The number of carbonyl (C=O) groups excluding carboxylic acids is 1. The standard InChI is InChI=1S/C15H13ClF3N3O3/c1-2-24-13(23)8-25-14-21-11(16)7-12(22-14)20-10-5-3-9(4-6-10)15(17,18)19/h3-7H,2,8H2,1H3,(H,20,21,22). The Morgan fingerprint density at radius 3 is 2.52 bits per heavy atom. The normalized spacial score (nSPS) is 11.1. The SMILES string of the molecule is CCOC(=O)COc1nc(Cl)cc(Nc2ccc(C(F)(F)F)cc2)n1. The maximum absolute atomic E-state index is 12.5. The number of hydrogen-bond donors (Lipinski definition) is 1. The monoisotopic (exact) mass is 375 g/mol. The van der Waals surface area contributed by atoms with Gasteiger partial charge in [0.1, 0.15) is 11.0 Å². The molecule has 0 bridgehead atoms. The zero-order valence-electron chi connectivity index (χ0n) is 12.9. The van der Waals surface area contributed by atoms with Crippen LogP contribution in [0.3, 0.4) is 0 Å². The van der Waals surface area contributed by atoms with Crippen molar-refractivity contribution in [1.29, 1.82) is 0 Å². The van der Waals surface area contributed by atoms with Gasteiger partial charge in [0.15, 0.2) is 6.61 Å². The second-order valence-electron chi connectivity index (χ2n) is 4.65. The van der Waals surface area contributed by atoms with E-state index in [4.69, 9.17) is 21.1 Å². The smallest absolute Gasteiger partial charge is 0.416 e. The van der Waals surface area contributed by atoms with E-state index >= 15 is 0 Å². The number of esters is 1. The fourth-order valence-corrected chi connectivity index (χ4v) is 1.92. The molecule has 0 fully saturated rings. The number of nitrogens with zero attached hydrogens (tertiary/aromatic N) is 2. The summed E-state index contributed by atoms with van der Waals surface area (Å²) in [5.41, 5.74) is -0.406. The predicted octanol–water partition coefficient (Wildman–Crippen LogP) is 3.83. The molecular formula is C15H13ClF3N3O3. The molecule has 0 amide bonds. The first-order valence-corrected chi connectivity index (χ1v) is 7.43. The van der Waals surface area contributed by atoms with Crippen LogP contribution < -0.4 is 10.1 Å². The van der Waals surface area contributed by atoms with E-state index in [0.717, 1.165) is 12.1 Å². The summed E-state index contributed by atoms with van der Waals surface area (Å²) in [7, 11) is 0. The van der Waals surface area contributed by atoms with Crippen LogP contribution in [0.2, 0.25) is 5.15 Å². The van der Waals surface area contributed by atoms with Gasteiger partial charge in [-0.05, 0) is 31.2 Å². The lowest BCUT2D eigenvalue weighted by Gasteiger charge is -2.10. The van der Waals surface area contributed by atoms with Gasteiger partial charge in [0.25, 0.3) is 0 Å². The lowest BCUT2D eigenvalue weighted by molar-refractivity contribution is -0.145. The maximum atomic E-state index is 12.5. The molecule has 1 N–H and O–H groups in total. The van der Waals surface area contributed by atoms with Crippen molar-refractivity contribution in [2.75, 3.05) is 18.5 Å². The Labute approximate surface area is 145 Å². The van der Waals surface area contributed by atoms with Gasteiger partial charge in [0.2, 0.25) is 0 Å². The zero-order valence-corrected chi connectivity index (χ0v) is 13.7. The predicted molar refractivity (Wildman–Crippen MR) is 83.9 cm³/mol. The van der Waals surface area contributed by atoms with Crippen molar-refractivity contribution in [2.24, 2.45) is 0 Å². The highest BCUT2D eigenvalue weighted by molar-refractivity contribution is 6.29. The van der Waals surface area contributed by atoms with E-state index in [1.807, 2.05) is 0 Å². The van der Waals surface area contributed by atoms with Crippen molar-refractivity contribution < 1.29 is 27.4 Å². The first-order valence-electron chi connectivity index (χ1n) is 7.05. The highest BCUT2D eigenvalue weighted by atomic mass is 35.5. The third kappa shape index (κ3) is 5.79. The number of ether oxygens (including phenoxy) is 2. The molecule has 1 aromatic heterocycles. The molecule has 0 aliphatic heterocycles. The molecule has 0 unspecified atom stereocenters. The number of nitrogens with one attached hydrogen (secondary N) is 1. The number of rotatable bonds is 6. The summed E-state index contributed by atoms with van der Waals surface area (Å²) >= 11 is 5.84. The average molecular weight is 376 g/mol. The number of benzene rings is 1. The third-order valence-corrected chi connectivity index (χ3v) is 2.98. The summed E-state index contributed by atoms with van der Waals surface area (Å²) in [6, 6.07) is 5.55. The van der Waals surface area contributed by atoms with E-state index in [0.29, 0.717) is 5.69 Å². The van der Waals surface area contributed by atoms with Crippen LogP contribution in [-0.4, -0.2) is 29.2 Å². The Bertz CT molecular complexity index is 739. The summed E-state index contributed by atoms with van der Waals surface area (Å²) < 4.78 is 47.4. The van der Waals surface area contributed by atoms with Crippen LogP contribution in [0.15, 0.2) is 30.3 Å². The molecule has 25 heavy (non-hydrogen) atoms. The van der Waals surface area contributed by atoms with Gasteiger partial charge in [-0.2, -0.15) is 23.1 Å². The number of alkyl halides is 3. The average Bonchev–Trinajstić information content (AvgIpc) is 2.52. The van der Waals surface area contributed by atoms with Gasteiger partial charge in [0.05, 0.1) is 12.2 Å². The largest absolute Gasteiger partial charge is 0.463 e. The molecule has 2 aromatic rings. The van der Waals surface area contributed by atoms with Crippen molar-refractivity contribution >= 4 is 29.1 Å². The van der Waals surface area contributed by atoms with Gasteiger partial charge in [-0.3, -0.25) is 0 Å². The quantitative estimate of drug-likeness (QED) is 0.611. The Morgan fingerprint density at radius 2 is 1.92 bits per heavy atom. The Hall–Kier alpha value is -2.55. The molecule has 0 radical (unpaired) electrons. The minimum atomic E-state index is -4.41. The lowest BCUT2D eigenvalue weighted by atomic mass is 10.2. The second-order valence-corrected chi connectivity index (χ2v) is 5.04. The van der Waals surface area contributed by atoms with Crippen LogP contribution in [0.4, 0.5) is 24.7 Å². The molecular weight excluding hydrogens is 363 g/mol. The van der Waals surface area contributed by atoms with Crippen molar-refractivity contribution in [3.8, 4) is 6.01 Å². The molecule has 0 saturated carbocycles. The fourth-order valence-electron chi connectivity index (χ4n) is 1.74. The molecule has 1 aromatic carbocycles. The fraction of sp³-hybridized carbons (Fsp3) is 0.267. The first kappa shape index (κ1) is 18.8. The van der Waals surface area contributed by atoms with Crippen molar-refractivity contribution in [2.45, 2.75) is 13.1 Å². The number of anilines is 2. The summed E-state index contributed by atoms with van der Waals surface area (Å²) in [6.07, 6.45) is -4.41. The molecule has 2 rings (SSSR count). The number of hydrogen-bond acceptors (Lipinski definition) is 6. The van der Waals surface area contributed by atoms with E-state index in [2.05, 4.69) is 15.3 Å². The van der Waals surface area contributed by atoms with E-state index in [9.17, 15) is 18.0 Å². The van der Waals surface area contributed by atoms with Crippen LogP contribution in [0, 0.1) is 0 Å². The first-order chi connectivity index (χ1) is 11.8. The van der Waals surface area contributed by atoms with Crippen molar-refractivity contribution in [3.05, 3.63) is 41.0 Å². The second kappa shape index (κ2) is 8.02. The molecule has 134 valence electrons. The van der Waals surface area contributed by atoms with Gasteiger partial charge in [-0.15, -0.1) is 0 Å². The van der Waals surface area contributed by atoms with Crippen LogP contribution in [-0.2, 0) is 15.7 Å². The molecule has 0 saturated heterocycles. The van der Waals surface area contributed by atoms with Gasteiger partial charge in [0, 0.05) is 11.8 Å². The highest BCUT2D eigenvalue weighted by Crippen LogP contribution is 2.30. The topological polar surface area (TPSA) is 73.3 Å². The summed E-state index contributed by atoms with van der Waals surface area (Å²) in [5.74, 6) is -0.401. The number of halogens is 4. The molecule has 0 aliphatic rings. The van der Waals surface area contributed by atoms with Gasteiger partial charge in [-0.1, -0.05) is 11.6 Å². The van der Waals surface area contributed by atoms with E-state index < -0.39 is 24.3 Å². The Morgan fingerprint density at radius 1 is 1.24 bits per heavy atom. The van der Waals surface area contributed by atoms with Crippen LogP contribution in [0.25, 0.3) is 0 Å². The highest BCUT2D eigenvalue weighted by Gasteiger charge is 2.29. The molecule has 0 atom stereocenters. The molecule has 1 heterocycles.